The van der Waals surface area contributed by atoms with E-state index in [4.69, 9.17) is 11.6 Å². The van der Waals surface area contributed by atoms with Crippen LogP contribution in [0.5, 0.6) is 5.75 Å². The molecule has 0 heterocycles. The number of benzene rings is 2. The fraction of sp³-hybridized carbons (Fsp3) is 0.278. The number of alkyl halides is 3. The predicted molar refractivity (Wildman–Crippen MR) is 90.7 cm³/mol. The molecule has 7 heteroatoms. The molecule has 0 unspecified atom stereocenters. The van der Waals surface area contributed by atoms with Gasteiger partial charge < -0.3 is 10.1 Å². The molecule has 1 N–H and O–H groups in total. The van der Waals surface area contributed by atoms with Crippen LogP contribution in [0.25, 0.3) is 0 Å². The number of halogens is 4. The molecule has 0 aliphatic carbocycles. The van der Waals surface area contributed by atoms with Crippen LogP contribution in [0.3, 0.4) is 0 Å². The largest absolute Gasteiger partial charge is 0.573 e. The van der Waals surface area contributed by atoms with Gasteiger partial charge in [0.25, 0.3) is 0 Å². The minimum absolute atomic E-state index is 0.244. The zero-order valence-corrected chi connectivity index (χ0v) is 14.4. The third kappa shape index (κ3) is 5.98. The Hall–Kier alpha value is -2.21. The van der Waals surface area contributed by atoms with E-state index in [0.717, 1.165) is 17.7 Å². The van der Waals surface area contributed by atoms with E-state index in [9.17, 15) is 18.0 Å². The molecule has 1 amide bonds. The van der Waals surface area contributed by atoms with Crippen LogP contribution in [0, 0.1) is 5.41 Å². The fourth-order valence-corrected chi connectivity index (χ4v) is 2.36. The molecule has 0 aromatic heterocycles. The van der Waals surface area contributed by atoms with Gasteiger partial charge in [0.15, 0.2) is 0 Å². The van der Waals surface area contributed by atoms with E-state index in [1.165, 1.54) is 12.1 Å². The highest BCUT2D eigenvalue weighted by molar-refractivity contribution is 6.30. The van der Waals surface area contributed by atoms with Crippen molar-refractivity contribution in [2.45, 2.75) is 26.6 Å². The maximum atomic E-state index is 12.5. The van der Waals surface area contributed by atoms with Gasteiger partial charge in [-0.05, 0) is 48.4 Å². The van der Waals surface area contributed by atoms with Gasteiger partial charge in [-0.2, -0.15) is 0 Å². The fourth-order valence-electron chi connectivity index (χ4n) is 2.23. The first-order chi connectivity index (χ1) is 11.5. The van der Waals surface area contributed by atoms with E-state index in [1.54, 1.807) is 26.0 Å². The molecule has 3 nitrogen and oxygen atoms in total. The number of rotatable bonds is 5. The SMILES string of the molecule is CC(C)(Cc1ccc(Cl)cc1)C(=O)Nc1ccc(OC(F)(F)F)cc1. The second-order valence-corrected chi connectivity index (χ2v) is 6.65. The summed E-state index contributed by atoms with van der Waals surface area (Å²) in [6.45, 7) is 3.58. The Morgan fingerprint density at radius 2 is 1.60 bits per heavy atom. The van der Waals surface area contributed by atoms with Crippen molar-refractivity contribution in [3.63, 3.8) is 0 Å². The Balaban J connectivity index is 2.01. The number of hydrogen-bond donors (Lipinski definition) is 1. The molecule has 0 aliphatic heterocycles. The number of carbonyl (C=O) groups excluding carboxylic acids is 1. The summed E-state index contributed by atoms with van der Waals surface area (Å²) in [6, 6.07) is 12.2. The normalized spacial score (nSPS) is 11.9. The van der Waals surface area contributed by atoms with E-state index in [1.807, 2.05) is 12.1 Å². The molecule has 0 bridgehead atoms. The topological polar surface area (TPSA) is 38.3 Å². The van der Waals surface area contributed by atoms with Crippen LogP contribution in [-0.2, 0) is 11.2 Å². The first kappa shape index (κ1) is 19.1. The molecule has 2 rings (SSSR count). The lowest BCUT2D eigenvalue weighted by Gasteiger charge is -2.24. The van der Waals surface area contributed by atoms with Gasteiger partial charge in [0, 0.05) is 16.1 Å². The Morgan fingerprint density at radius 1 is 1.04 bits per heavy atom. The van der Waals surface area contributed by atoms with Gasteiger partial charge in [-0.3, -0.25) is 4.79 Å². The van der Waals surface area contributed by atoms with Crippen molar-refractivity contribution >= 4 is 23.2 Å². The number of amides is 1. The monoisotopic (exact) mass is 371 g/mol. The summed E-state index contributed by atoms with van der Waals surface area (Å²) in [6.07, 6.45) is -4.25. The maximum Gasteiger partial charge on any atom is 0.573 e. The molecule has 134 valence electrons. The summed E-state index contributed by atoms with van der Waals surface area (Å²) >= 11 is 5.85. The van der Waals surface area contributed by atoms with E-state index in [-0.39, 0.29) is 11.7 Å². The van der Waals surface area contributed by atoms with Crippen LogP contribution in [0.15, 0.2) is 48.5 Å². The van der Waals surface area contributed by atoms with Crippen molar-refractivity contribution in [1.29, 1.82) is 0 Å². The highest BCUT2D eigenvalue weighted by atomic mass is 35.5. The maximum absolute atomic E-state index is 12.5. The molecule has 0 aliphatic rings. The van der Waals surface area contributed by atoms with Gasteiger partial charge in [0.05, 0.1) is 0 Å². The molecule has 0 atom stereocenters. The van der Waals surface area contributed by atoms with Gasteiger partial charge >= 0.3 is 6.36 Å². The smallest absolute Gasteiger partial charge is 0.406 e. The number of hydrogen-bond acceptors (Lipinski definition) is 2. The lowest BCUT2D eigenvalue weighted by molar-refractivity contribution is -0.274. The Labute approximate surface area is 148 Å². The van der Waals surface area contributed by atoms with Crippen molar-refractivity contribution in [2.75, 3.05) is 5.32 Å². The first-order valence-electron chi connectivity index (χ1n) is 7.47. The molecule has 0 saturated heterocycles. The Morgan fingerprint density at radius 3 is 2.12 bits per heavy atom. The van der Waals surface area contributed by atoms with Gasteiger partial charge in [-0.15, -0.1) is 13.2 Å². The molecule has 2 aromatic carbocycles. The van der Waals surface area contributed by atoms with Gasteiger partial charge in [-0.25, -0.2) is 0 Å². The first-order valence-corrected chi connectivity index (χ1v) is 7.85. The van der Waals surface area contributed by atoms with Crippen LogP contribution < -0.4 is 10.1 Å². The number of ether oxygens (including phenoxy) is 1. The molecule has 2 aromatic rings. The van der Waals surface area contributed by atoms with Crippen LogP contribution in [0.2, 0.25) is 5.02 Å². The van der Waals surface area contributed by atoms with Crippen molar-refractivity contribution in [1.82, 2.24) is 0 Å². The molecule has 25 heavy (non-hydrogen) atoms. The van der Waals surface area contributed by atoms with E-state index < -0.39 is 11.8 Å². The van der Waals surface area contributed by atoms with Crippen LogP contribution in [0.1, 0.15) is 19.4 Å². The third-order valence-electron chi connectivity index (χ3n) is 3.52. The zero-order chi connectivity index (χ0) is 18.7. The van der Waals surface area contributed by atoms with E-state index >= 15 is 0 Å². The quantitative estimate of drug-likeness (QED) is 0.759. The van der Waals surface area contributed by atoms with Crippen molar-refractivity contribution in [2.24, 2.45) is 5.41 Å². The molecule has 0 spiro atoms. The molecule has 0 fully saturated rings. The van der Waals surface area contributed by atoms with Crippen molar-refractivity contribution in [3.05, 3.63) is 59.1 Å². The minimum atomic E-state index is -4.74. The zero-order valence-electron chi connectivity index (χ0n) is 13.7. The molecular weight excluding hydrogens is 355 g/mol. The van der Waals surface area contributed by atoms with Crippen molar-refractivity contribution < 1.29 is 22.7 Å². The minimum Gasteiger partial charge on any atom is -0.406 e. The summed E-state index contributed by atoms with van der Waals surface area (Å²) < 4.78 is 40.2. The highest BCUT2D eigenvalue weighted by Crippen LogP contribution is 2.27. The summed E-state index contributed by atoms with van der Waals surface area (Å²) in [7, 11) is 0. The number of anilines is 1. The van der Waals surface area contributed by atoms with Gasteiger partial charge in [0.2, 0.25) is 5.91 Å². The highest BCUT2D eigenvalue weighted by Gasteiger charge is 2.31. The summed E-state index contributed by atoms with van der Waals surface area (Å²) in [5, 5.41) is 3.32. The average molecular weight is 372 g/mol. The number of carbonyl (C=O) groups is 1. The average Bonchev–Trinajstić information content (AvgIpc) is 2.50. The summed E-state index contributed by atoms with van der Waals surface area (Å²) in [5.41, 5.74) is 0.636. The lowest BCUT2D eigenvalue weighted by Crippen LogP contribution is -2.32. The van der Waals surface area contributed by atoms with Crippen LogP contribution >= 0.6 is 11.6 Å². The van der Waals surface area contributed by atoms with E-state index in [2.05, 4.69) is 10.1 Å². The molecule has 0 saturated carbocycles. The summed E-state index contributed by atoms with van der Waals surface area (Å²) in [5.74, 6) is -0.585. The lowest BCUT2D eigenvalue weighted by atomic mass is 9.84. The Kier molecular flexibility index (Phi) is 5.62. The van der Waals surface area contributed by atoms with Crippen LogP contribution in [-0.4, -0.2) is 12.3 Å². The number of nitrogens with one attached hydrogen (secondary N) is 1. The van der Waals surface area contributed by atoms with E-state index in [0.29, 0.717) is 17.1 Å². The predicted octanol–water partition coefficient (Wildman–Crippen LogP) is 5.45. The summed E-state index contributed by atoms with van der Waals surface area (Å²) in [4.78, 5) is 12.5. The molecule has 0 radical (unpaired) electrons. The van der Waals surface area contributed by atoms with Gasteiger partial charge in [-0.1, -0.05) is 37.6 Å². The third-order valence-corrected chi connectivity index (χ3v) is 3.77. The second-order valence-electron chi connectivity index (χ2n) is 6.21. The standard InChI is InChI=1S/C18H17ClF3NO2/c1-17(2,11-12-3-5-13(19)6-4-12)16(24)23-14-7-9-15(10-8-14)25-18(20,21)22/h3-10H,11H2,1-2H3,(H,23,24). The second kappa shape index (κ2) is 7.35. The molecular formula is C18H17ClF3NO2. The van der Waals surface area contributed by atoms with Crippen LogP contribution in [0.4, 0.5) is 18.9 Å². The van der Waals surface area contributed by atoms with Crippen molar-refractivity contribution in [3.8, 4) is 5.75 Å². The van der Waals surface area contributed by atoms with Gasteiger partial charge in [0.1, 0.15) is 5.75 Å². The Bertz CT molecular complexity index is 725.